The Labute approximate surface area is 156 Å². The SMILES string of the molecule is O=C(Oc1ccccc1N1C(=O)[C@@H]2[C@H]3CC[C@@H](C3)[C@@H]2C1=O)c1ccccc1. The van der Waals surface area contributed by atoms with Crippen molar-refractivity contribution in [3.05, 3.63) is 60.2 Å². The number of para-hydroxylation sites is 2. The summed E-state index contributed by atoms with van der Waals surface area (Å²) in [4.78, 5) is 39.8. The Balaban J connectivity index is 1.47. The van der Waals surface area contributed by atoms with Crippen LogP contribution in [0.1, 0.15) is 29.6 Å². The number of benzene rings is 2. The highest BCUT2D eigenvalue weighted by Crippen LogP contribution is 2.57. The molecule has 27 heavy (non-hydrogen) atoms. The number of carbonyl (C=O) groups is 3. The van der Waals surface area contributed by atoms with Gasteiger partial charge in [0, 0.05) is 0 Å². The molecule has 1 aliphatic heterocycles. The third-order valence-electron chi connectivity index (χ3n) is 6.25. The van der Waals surface area contributed by atoms with Gasteiger partial charge in [0.2, 0.25) is 11.8 Å². The lowest BCUT2D eigenvalue weighted by Crippen LogP contribution is -2.33. The van der Waals surface area contributed by atoms with Crippen molar-refractivity contribution < 1.29 is 19.1 Å². The van der Waals surface area contributed by atoms with Gasteiger partial charge in [-0.05, 0) is 55.4 Å². The predicted octanol–water partition coefficient (Wildman–Crippen LogP) is 3.44. The molecule has 5 heteroatoms. The molecule has 2 aromatic rings. The van der Waals surface area contributed by atoms with Crippen LogP contribution >= 0.6 is 0 Å². The number of esters is 1. The van der Waals surface area contributed by atoms with Gasteiger partial charge in [-0.1, -0.05) is 30.3 Å². The molecule has 0 spiro atoms. The normalized spacial score (nSPS) is 28.5. The summed E-state index contributed by atoms with van der Waals surface area (Å²) in [6, 6.07) is 15.4. The van der Waals surface area contributed by atoms with Crippen molar-refractivity contribution in [3.8, 4) is 5.75 Å². The van der Waals surface area contributed by atoms with Crippen molar-refractivity contribution in [2.45, 2.75) is 19.3 Å². The molecule has 2 saturated carbocycles. The molecule has 3 fully saturated rings. The van der Waals surface area contributed by atoms with Gasteiger partial charge >= 0.3 is 5.97 Å². The van der Waals surface area contributed by atoms with Crippen LogP contribution in [0.15, 0.2) is 54.6 Å². The van der Waals surface area contributed by atoms with Gasteiger partial charge in [0.1, 0.15) is 0 Å². The summed E-state index contributed by atoms with van der Waals surface area (Å²) >= 11 is 0. The van der Waals surface area contributed by atoms with Crippen LogP contribution in [0.5, 0.6) is 5.75 Å². The minimum absolute atomic E-state index is 0.139. The van der Waals surface area contributed by atoms with E-state index in [2.05, 4.69) is 0 Å². The third kappa shape index (κ3) is 2.41. The van der Waals surface area contributed by atoms with Gasteiger partial charge in [0.25, 0.3) is 0 Å². The first kappa shape index (κ1) is 16.2. The van der Waals surface area contributed by atoms with Crippen LogP contribution in [-0.2, 0) is 9.59 Å². The number of amides is 2. The van der Waals surface area contributed by atoms with Crippen LogP contribution in [0.25, 0.3) is 0 Å². The van der Waals surface area contributed by atoms with E-state index in [1.807, 2.05) is 6.07 Å². The smallest absolute Gasteiger partial charge is 0.343 e. The van der Waals surface area contributed by atoms with Crippen molar-refractivity contribution in [1.82, 2.24) is 0 Å². The molecule has 0 N–H and O–H groups in total. The molecule has 2 aromatic carbocycles. The quantitative estimate of drug-likeness (QED) is 0.477. The van der Waals surface area contributed by atoms with Crippen molar-refractivity contribution in [2.75, 3.05) is 4.90 Å². The lowest BCUT2D eigenvalue weighted by atomic mass is 9.81. The summed E-state index contributed by atoms with van der Waals surface area (Å²) < 4.78 is 5.55. The average molecular weight is 361 g/mol. The van der Waals surface area contributed by atoms with Gasteiger partial charge in [-0.25, -0.2) is 9.69 Å². The fourth-order valence-electron chi connectivity index (χ4n) is 5.11. The number of anilines is 1. The van der Waals surface area contributed by atoms with E-state index in [9.17, 15) is 14.4 Å². The number of hydrogen-bond donors (Lipinski definition) is 0. The van der Waals surface area contributed by atoms with Crippen molar-refractivity contribution >= 4 is 23.5 Å². The van der Waals surface area contributed by atoms with Gasteiger partial charge in [-0.3, -0.25) is 9.59 Å². The van der Waals surface area contributed by atoms with Crippen LogP contribution in [0, 0.1) is 23.7 Å². The number of imide groups is 1. The van der Waals surface area contributed by atoms with Crippen molar-refractivity contribution in [2.24, 2.45) is 23.7 Å². The van der Waals surface area contributed by atoms with Crippen LogP contribution in [0.4, 0.5) is 5.69 Å². The Kier molecular flexibility index (Phi) is 3.64. The number of rotatable bonds is 3. The molecule has 2 bridgehead atoms. The first-order valence-electron chi connectivity index (χ1n) is 9.39. The van der Waals surface area contributed by atoms with E-state index >= 15 is 0 Å². The number of fused-ring (bicyclic) bond motifs is 5. The Bertz CT molecular complexity index is 910. The highest BCUT2D eigenvalue weighted by molar-refractivity contribution is 6.23. The molecule has 136 valence electrons. The topological polar surface area (TPSA) is 63.7 Å². The second-order valence-electron chi connectivity index (χ2n) is 7.62. The summed E-state index contributed by atoms with van der Waals surface area (Å²) in [6.45, 7) is 0. The lowest BCUT2D eigenvalue weighted by Gasteiger charge is -2.20. The molecule has 0 unspecified atom stereocenters. The molecule has 1 saturated heterocycles. The van der Waals surface area contributed by atoms with Gasteiger partial charge in [0.15, 0.2) is 5.75 Å². The third-order valence-corrected chi connectivity index (χ3v) is 6.25. The molecule has 0 radical (unpaired) electrons. The van der Waals surface area contributed by atoms with E-state index in [-0.39, 0.29) is 29.4 Å². The van der Waals surface area contributed by atoms with Crippen LogP contribution in [0.3, 0.4) is 0 Å². The molecular formula is C22H19NO4. The number of carbonyl (C=O) groups excluding carboxylic acids is 3. The van der Waals surface area contributed by atoms with E-state index in [0.29, 0.717) is 23.1 Å². The molecule has 0 aromatic heterocycles. The maximum atomic E-state index is 13.1. The number of hydrogen-bond acceptors (Lipinski definition) is 4. The Morgan fingerprint density at radius 3 is 2.11 bits per heavy atom. The molecule has 3 aliphatic rings. The zero-order chi connectivity index (χ0) is 18.5. The molecule has 2 aliphatic carbocycles. The zero-order valence-corrected chi connectivity index (χ0v) is 14.7. The van der Waals surface area contributed by atoms with Crippen molar-refractivity contribution in [3.63, 3.8) is 0 Å². The van der Waals surface area contributed by atoms with Gasteiger partial charge < -0.3 is 4.74 Å². The maximum absolute atomic E-state index is 13.1. The molecule has 4 atom stereocenters. The second kappa shape index (κ2) is 6.05. The fraction of sp³-hybridized carbons (Fsp3) is 0.318. The predicted molar refractivity (Wildman–Crippen MR) is 98.1 cm³/mol. The molecular weight excluding hydrogens is 342 g/mol. The van der Waals surface area contributed by atoms with E-state index in [1.54, 1.807) is 48.5 Å². The van der Waals surface area contributed by atoms with Crippen molar-refractivity contribution in [1.29, 1.82) is 0 Å². The molecule has 5 rings (SSSR count). The first-order chi connectivity index (χ1) is 13.1. The van der Waals surface area contributed by atoms with E-state index in [1.165, 1.54) is 4.90 Å². The van der Waals surface area contributed by atoms with Crippen LogP contribution < -0.4 is 9.64 Å². The van der Waals surface area contributed by atoms with E-state index in [4.69, 9.17) is 4.74 Å². The second-order valence-corrected chi connectivity index (χ2v) is 7.62. The average Bonchev–Trinajstić information content (AvgIpc) is 3.37. The molecule has 2 amide bonds. The van der Waals surface area contributed by atoms with Crippen LogP contribution in [-0.4, -0.2) is 17.8 Å². The first-order valence-corrected chi connectivity index (χ1v) is 9.39. The summed E-state index contributed by atoms with van der Waals surface area (Å²) in [5.41, 5.74) is 0.784. The zero-order valence-electron chi connectivity index (χ0n) is 14.7. The largest absolute Gasteiger partial charge is 0.421 e. The molecule has 1 heterocycles. The standard InChI is InChI=1S/C22H19NO4/c24-20-18-14-10-11-15(12-14)19(18)21(25)23(20)16-8-4-5-9-17(16)27-22(26)13-6-2-1-3-7-13/h1-9,14-15,18-19H,10-12H2/t14-,15-,18-,19+/m0/s1. The number of nitrogens with zero attached hydrogens (tertiary/aromatic N) is 1. The summed E-state index contributed by atoms with van der Waals surface area (Å²) in [5.74, 6) is -0.312. The van der Waals surface area contributed by atoms with Gasteiger partial charge in [0.05, 0.1) is 23.1 Å². The highest BCUT2D eigenvalue weighted by Gasteiger charge is 2.61. The molecule has 5 nitrogen and oxygen atoms in total. The Morgan fingerprint density at radius 1 is 0.852 bits per heavy atom. The Morgan fingerprint density at radius 2 is 1.44 bits per heavy atom. The monoisotopic (exact) mass is 361 g/mol. The summed E-state index contributed by atoms with van der Waals surface area (Å²) in [7, 11) is 0. The minimum atomic E-state index is -0.512. The van der Waals surface area contributed by atoms with Crippen LogP contribution in [0.2, 0.25) is 0 Å². The fourth-order valence-corrected chi connectivity index (χ4v) is 5.11. The summed E-state index contributed by atoms with van der Waals surface area (Å²) in [5, 5.41) is 0. The van der Waals surface area contributed by atoms with E-state index < -0.39 is 5.97 Å². The minimum Gasteiger partial charge on any atom is -0.421 e. The summed E-state index contributed by atoms with van der Waals surface area (Å²) in [6.07, 6.45) is 3.05. The number of ether oxygens (including phenoxy) is 1. The highest BCUT2D eigenvalue weighted by atomic mass is 16.5. The maximum Gasteiger partial charge on any atom is 0.343 e. The lowest BCUT2D eigenvalue weighted by molar-refractivity contribution is -0.123. The van der Waals surface area contributed by atoms with E-state index in [0.717, 1.165) is 19.3 Å². The van der Waals surface area contributed by atoms with Gasteiger partial charge in [-0.15, -0.1) is 0 Å². The van der Waals surface area contributed by atoms with Gasteiger partial charge in [-0.2, -0.15) is 0 Å². The Hall–Kier alpha value is -2.95.